The molecule has 2 nitrogen and oxygen atoms in total. The van der Waals surface area contributed by atoms with E-state index in [0.717, 1.165) is 32.2 Å². The first kappa shape index (κ1) is 11.9. The second kappa shape index (κ2) is 4.85. The Morgan fingerprint density at radius 2 is 2.06 bits per heavy atom. The molecule has 1 N–H and O–H groups in total. The molecule has 3 rings (SSSR count). The van der Waals surface area contributed by atoms with Gasteiger partial charge in [-0.1, -0.05) is 36.8 Å². The van der Waals surface area contributed by atoms with Crippen LogP contribution in [0.15, 0.2) is 30.3 Å². The molecular weight excluding hydrogens is 222 g/mol. The van der Waals surface area contributed by atoms with Crippen LogP contribution < -0.4 is 5.32 Å². The molecule has 96 valence electrons. The highest BCUT2D eigenvalue weighted by atomic mass is 16.1. The van der Waals surface area contributed by atoms with Crippen LogP contribution in [-0.2, 0) is 11.3 Å². The molecule has 1 aromatic rings. The van der Waals surface area contributed by atoms with Crippen molar-refractivity contribution in [1.82, 2.24) is 5.32 Å². The minimum absolute atomic E-state index is 0.243. The molecule has 0 radical (unpaired) electrons. The normalized spacial score (nSPS) is 31.3. The number of carbonyl (C=O) groups is 1. The Kier molecular flexibility index (Phi) is 3.21. The lowest BCUT2D eigenvalue weighted by Crippen LogP contribution is -2.52. The van der Waals surface area contributed by atoms with Crippen LogP contribution in [-0.4, -0.2) is 11.3 Å². The van der Waals surface area contributed by atoms with E-state index in [1.807, 2.05) is 0 Å². The summed E-state index contributed by atoms with van der Waals surface area (Å²) in [4.78, 5) is 11.8. The molecule has 1 aromatic carbocycles. The minimum Gasteiger partial charge on any atom is -0.307 e. The Hall–Kier alpha value is -1.15. The molecule has 18 heavy (non-hydrogen) atoms. The quantitative estimate of drug-likeness (QED) is 0.884. The Morgan fingerprint density at radius 1 is 1.22 bits per heavy atom. The number of nitrogens with one attached hydrogen (secondary N) is 1. The van der Waals surface area contributed by atoms with Crippen LogP contribution in [0.2, 0.25) is 0 Å². The van der Waals surface area contributed by atoms with Crippen LogP contribution >= 0.6 is 0 Å². The highest BCUT2D eigenvalue weighted by Gasteiger charge is 2.42. The van der Waals surface area contributed by atoms with Crippen molar-refractivity contribution in [2.75, 3.05) is 0 Å². The Morgan fingerprint density at radius 3 is 2.89 bits per heavy atom. The number of Topliss-reactive ketones (excluding diaryl/α,β-unsaturated/α-hetero) is 1. The fraction of sp³-hybridized carbons (Fsp3) is 0.562. The third-order valence-corrected chi connectivity index (χ3v) is 4.66. The fourth-order valence-electron chi connectivity index (χ4n) is 3.57. The maximum absolute atomic E-state index is 11.8. The highest BCUT2D eigenvalue weighted by molar-refractivity contribution is 5.82. The van der Waals surface area contributed by atoms with Crippen molar-refractivity contribution >= 4 is 5.78 Å². The van der Waals surface area contributed by atoms with Crippen LogP contribution in [0.3, 0.4) is 0 Å². The zero-order valence-corrected chi connectivity index (χ0v) is 10.8. The lowest BCUT2D eigenvalue weighted by Gasteiger charge is -2.45. The van der Waals surface area contributed by atoms with Gasteiger partial charge in [0.15, 0.2) is 0 Å². The van der Waals surface area contributed by atoms with Gasteiger partial charge in [0.05, 0.1) is 0 Å². The fourth-order valence-corrected chi connectivity index (χ4v) is 3.57. The van der Waals surface area contributed by atoms with Crippen molar-refractivity contribution in [3.05, 3.63) is 35.9 Å². The molecule has 0 spiro atoms. The topological polar surface area (TPSA) is 29.1 Å². The van der Waals surface area contributed by atoms with Gasteiger partial charge < -0.3 is 5.32 Å². The van der Waals surface area contributed by atoms with Gasteiger partial charge in [0.2, 0.25) is 0 Å². The van der Waals surface area contributed by atoms with E-state index in [2.05, 4.69) is 35.6 Å². The van der Waals surface area contributed by atoms with Crippen molar-refractivity contribution in [2.24, 2.45) is 5.92 Å². The van der Waals surface area contributed by atoms with Gasteiger partial charge in [-0.2, -0.15) is 0 Å². The van der Waals surface area contributed by atoms with Crippen LogP contribution in [0, 0.1) is 5.92 Å². The van der Waals surface area contributed by atoms with Crippen molar-refractivity contribution < 1.29 is 4.79 Å². The zero-order valence-electron chi connectivity index (χ0n) is 10.8. The molecule has 2 aliphatic carbocycles. The van der Waals surface area contributed by atoms with E-state index in [0.29, 0.717) is 11.7 Å². The van der Waals surface area contributed by atoms with E-state index in [-0.39, 0.29) is 5.54 Å². The first-order chi connectivity index (χ1) is 8.77. The summed E-state index contributed by atoms with van der Waals surface area (Å²) in [6.07, 6.45) is 6.45. The highest BCUT2D eigenvalue weighted by Crippen LogP contribution is 2.41. The summed E-state index contributed by atoms with van der Waals surface area (Å²) in [7, 11) is 0. The molecular formula is C16H21NO. The molecule has 2 unspecified atom stereocenters. The molecule has 2 fully saturated rings. The van der Waals surface area contributed by atoms with Gasteiger partial charge in [-0.15, -0.1) is 0 Å². The first-order valence-electron chi connectivity index (χ1n) is 7.09. The first-order valence-corrected chi connectivity index (χ1v) is 7.09. The van der Waals surface area contributed by atoms with Gasteiger partial charge >= 0.3 is 0 Å². The van der Waals surface area contributed by atoms with Gasteiger partial charge in [-0.3, -0.25) is 4.79 Å². The third-order valence-electron chi connectivity index (χ3n) is 4.66. The predicted molar refractivity (Wildman–Crippen MR) is 72.2 cm³/mol. The van der Waals surface area contributed by atoms with Crippen LogP contribution in [0.5, 0.6) is 0 Å². The van der Waals surface area contributed by atoms with Gasteiger partial charge in [0.25, 0.3) is 0 Å². The third kappa shape index (κ3) is 2.35. The van der Waals surface area contributed by atoms with Gasteiger partial charge in [0, 0.05) is 24.4 Å². The van der Waals surface area contributed by atoms with Crippen molar-refractivity contribution in [1.29, 1.82) is 0 Å². The van der Waals surface area contributed by atoms with Crippen molar-refractivity contribution in [3.63, 3.8) is 0 Å². The molecule has 0 aliphatic heterocycles. The van der Waals surface area contributed by atoms with Gasteiger partial charge in [-0.05, 0) is 31.2 Å². The number of carbonyl (C=O) groups excluding carboxylic acids is 1. The lowest BCUT2D eigenvalue weighted by atomic mass is 9.66. The smallest absolute Gasteiger partial charge is 0.136 e. The van der Waals surface area contributed by atoms with E-state index >= 15 is 0 Å². The molecule has 0 saturated heterocycles. The largest absolute Gasteiger partial charge is 0.307 e. The molecule has 2 heteroatoms. The SMILES string of the molecule is O=C1CCC2(NCc3ccccc3)CCCC1C2. The summed E-state index contributed by atoms with van der Waals surface area (Å²) >= 11 is 0. The van der Waals surface area contributed by atoms with Crippen LogP contribution in [0.4, 0.5) is 0 Å². The molecule has 2 saturated carbocycles. The second-order valence-corrected chi connectivity index (χ2v) is 5.88. The predicted octanol–water partition coefficient (Wildman–Crippen LogP) is 3.07. The molecule has 0 heterocycles. The van der Waals surface area contributed by atoms with E-state index in [1.54, 1.807) is 0 Å². The number of rotatable bonds is 3. The molecule has 2 bridgehead atoms. The summed E-state index contributed by atoms with van der Waals surface area (Å²) in [5.74, 6) is 0.850. The van der Waals surface area contributed by atoms with Crippen molar-refractivity contribution in [2.45, 2.75) is 50.6 Å². The number of hydrogen-bond acceptors (Lipinski definition) is 2. The summed E-state index contributed by atoms with van der Waals surface area (Å²) in [5, 5.41) is 3.75. The standard InChI is InChI=1S/C16H21NO/c18-15-8-10-16(9-4-7-14(15)11-16)17-12-13-5-2-1-3-6-13/h1-3,5-6,14,17H,4,7-12H2. The van der Waals surface area contributed by atoms with Gasteiger partial charge in [-0.25, -0.2) is 0 Å². The average Bonchev–Trinajstić information content (AvgIpc) is 2.43. The molecule has 2 aliphatic rings. The van der Waals surface area contributed by atoms with Crippen LogP contribution in [0.1, 0.15) is 44.1 Å². The van der Waals surface area contributed by atoms with E-state index in [1.165, 1.54) is 18.4 Å². The lowest BCUT2D eigenvalue weighted by molar-refractivity contribution is -0.128. The number of hydrogen-bond donors (Lipinski definition) is 1. The van der Waals surface area contributed by atoms with E-state index in [4.69, 9.17) is 0 Å². The Labute approximate surface area is 109 Å². The second-order valence-electron chi connectivity index (χ2n) is 5.88. The number of fused-ring (bicyclic) bond motifs is 2. The van der Waals surface area contributed by atoms with E-state index in [9.17, 15) is 4.79 Å². The molecule has 2 atom stereocenters. The maximum Gasteiger partial charge on any atom is 0.136 e. The van der Waals surface area contributed by atoms with Gasteiger partial charge in [0.1, 0.15) is 5.78 Å². The zero-order chi connectivity index (χ0) is 12.4. The van der Waals surface area contributed by atoms with Crippen LogP contribution in [0.25, 0.3) is 0 Å². The number of ketones is 1. The summed E-state index contributed by atoms with van der Waals surface area (Å²) in [6.45, 7) is 0.932. The maximum atomic E-state index is 11.8. The molecule has 0 amide bonds. The Bertz CT molecular complexity index is 428. The number of benzene rings is 1. The summed E-state index contributed by atoms with van der Waals surface area (Å²) in [6, 6.07) is 10.6. The van der Waals surface area contributed by atoms with E-state index < -0.39 is 0 Å². The summed E-state index contributed by atoms with van der Waals surface area (Å²) in [5.41, 5.74) is 1.58. The Balaban J connectivity index is 1.66. The molecule has 0 aromatic heterocycles. The summed E-state index contributed by atoms with van der Waals surface area (Å²) < 4.78 is 0. The average molecular weight is 243 g/mol. The van der Waals surface area contributed by atoms with Crippen molar-refractivity contribution in [3.8, 4) is 0 Å². The monoisotopic (exact) mass is 243 g/mol. The minimum atomic E-state index is 0.243.